The predicted molar refractivity (Wildman–Crippen MR) is 112 cm³/mol. The fourth-order valence-electron chi connectivity index (χ4n) is 3.23. The SMILES string of the molecule is CC(OC(=O)/C(C#N)=C/c1ccc(N(C)C)cc1)C(=O)N1CCc2ccccc21. The number of para-hydroxylation sites is 1. The van der Waals surface area contributed by atoms with E-state index in [1.807, 2.05) is 73.6 Å². The third-order valence-electron chi connectivity index (χ3n) is 4.85. The highest BCUT2D eigenvalue weighted by Gasteiger charge is 2.30. The summed E-state index contributed by atoms with van der Waals surface area (Å²) in [6.07, 6.45) is 1.25. The minimum absolute atomic E-state index is 0.149. The lowest BCUT2D eigenvalue weighted by atomic mass is 10.1. The summed E-state index contributed by atoms with van der Waals surface area (Å²) in [7, 11) is 3.86. The summed E-state index contributed by atoms with van der Waals surface area (Å²) in [4.78, 5) is 28.8. The molecule has 1 unspecified atom stereocenters. The van der Waals surface area contributed by atoms with Gasteiger partial charge in [0.05, 0.1) is 0 Å². The second-order valence-electron chi connectivity index (χ2n) is 7.07. The fourth-order valence-corrected chi connectivity index (χ4v) is 3.23. The normalized spacial score (nSPS) is 14.0. The average Bonchev–Trinajstić information content (AvgIpc) is 3.15. The van der Waals surface area contributed by atoms with Crippen LogP contribution < -0.4 is 9.80 Å². The summed E-state index contributed by atoms with van der Waals surface area (Å²) in [5, 5.41) is 9.37. The lowest BCUT2D eigenvalue weighted by Crippen LogP contribution is -2.39. The van der Waals surface area contributed by atoms with Crippen LogP contribution in [0.1, 0.15) is 18.1 Å². The molecule has 0 bridgehead atoms. The first-order valence-electron chi connectivity index (χ1n) is 9.40. The van der Waals surface area contributed by atoms with Gasteiger partial charge >= 0.3 is 5.97 Å². The van der Waals surface area contributed by atoms with Gasteiger partial charge in [-0.05, 0) is 48.7 Å². The molecule has 0 saturated heterocycles. The minimum Gasteiger partial charge on any atom is -0.448 e. The zero-order valence-electron chi connectivity index (χ0n) is 16.8. The molecule has 6 heteroatoms. The molecule has 0 fully saturated rings. The molecule has 2 aromatic rings. The number of rotatable bonds is 5. The first-order valence-corrected chi connectivity index (χ1v) is 9.40. The van der Waals surface area contributed by atoms with Crippen LogP contribution in [0.2, 0.25) is 0 Å². The zero-order valence-corrected chi connectivity index (χ0v) is 16.8. The predicted octanol–water partition coefficient (Wildman–Crippen LogP) is 3.18. The van der Waals surface area contributed by atoms with Crippen molar-refractivity contribution >= 4 is 29.3 Å². The number of fused-ring (bicyclic) bond motifs is 1. The minimum atomic E-state index is -0.985. The Morgan fingerprint density at radius 2 is 1.86 bits per heavy atom. The fraction of sp³-hybridized carbons (Fsp3) is 0.261. The summed E-state index contributed by atoms with van der Waals surface area (Å²) in [5.41, 5.74) is 3.50. The van der Waals surface area contributed by atoms with Crippen molar-refractivity contribution in [3.05, 3.63) is 65.2 Å². The number of carbonyl (C=O) groups excluding carboxylic acids is 2. The first kappa shape index (κ1) is 20.2. The number of hydrogen-bond donors (Lipinski definition) is 0. The van der Waals surface area contributed by atoms with E-state index in [-0.39, 0.29) is 11.5 Å². The Labute approximate surface area is 170 Å². The Balaban J connectivity index is 1.69. The van der Waals surface area contributed by atoms with Gasteiger partial charge in [-0.15, -0.1) is 0 Å². The number of amides is 1. The molecule has 0 N–H and O–H groups in total. The van der Waals surface area contributed by atoms with Crippen LogP contribution in [0.3, 0.4) is 0 Å². The lowest BCUT2D eigenvalue weighted by molar-refractivity contribution is -0.149. The van der Waals surface area contributed by atoms with Gasteiger partial charge in [-0.25, -0.2) is 4.79 Å². The van der Waals surface area contributed by atoms with Crippen LogP contribution in [0, 0.1) is 11.3 Å². The van der Waals surface area contributed by atoms with Crippen LogP contribution in [-0.2, 0) is 20.7 Å². The number of hydrogen-bond acceptors (Lipinski definition) is 5. The van der Waals surface area contributed by atoms with E-state index < -0.39 is 12.1 Å². The highest BCUT2D eigenvalue weighted by atomic mass is 16.5. The molecule has 2 aromatic carbocycles. The molecule has 3 rings (SSSR count). The van der Waals surface area contributed by atoms with Crippen molar-refractivity contribution in [2.24, 2.45) is 0 Å². The van der Waals surface area contributed by atoms with Crippen molar-refractivity contribution in [2.45, 2.75) is 19.4 Å². The lowest BCUT2D eigenvalue weighted by Gasteiger charge is -2.21. The van der Waals surface area contributed by atoms with E-state index >= 15 is 0 Å². The molecule has 1 heterocycles. The maximum absolute atomic E-state index is 12.8. The van der Waals surface area contributed by atoms with Gasteiger partial charge in [0.25, 0.3) is 5.91 Å². The Bertz CT molecular complexity index is 987. The maximum Gasteiger partial charge on any atom is 0.349 e. The molecule has 29 heavy (non-hydrogen) atoms. The van der Waals surface area contributed by atoms with Crippen LogP contribution in [0.15, 0.2) is 54.1 Å². The van der Waals surface area contributed by atoms with E-state index in [0.717, 1.165) is 23.4 Å². The Morgan fingerprint density at radius 3 is 2.52 bits per heavy atom. The van der Waals surface area contributed by atoms with Gasteiger partial charge in [0.2, 0.25) is 0 Å². The summed E-state index contributed by atoms with van der Waals surface area (Å²) in [5.74, 6) is -1.10. The van der Waals surface area contributed by atoms with Crippen LogP contribution in [0.4, 0.5) is 11.4 Å². The third kappa shape index (κ3) is 4.46. The molecule has 1 amide bonds. The summed E-state index contributed by atoms with van der Waals surface area (Å²) in [6, 6.07) is 17.0. The van der Waals surface area contributed by atoms with E-state index in [4.69, 9.17) is 4.74 Å². The number of carbonyl (C=O) groups is 2. The van der Waals surface area contributed by atoms with Crippen molar-refractivity contribution in [2.75, 3.05) is 30.4 Å². The molecule has 6 nitrogen and oxygen atoms in total. The molecule has 1 aliphatic heterocycles. The zero-order chi connectivity index (χ0) is 21.0. The molecular formula is C23H23N3O3. The molecule has 0 spiro atoms. The van der Waals surface area contributed by atoms with Crippen LogP contribution >= 0.6 is 0 Å². The Hall–Kier alpha value is -3.59. The van der Waals surface area contributed by atoms with E-state index in [0.29, 0.717) is 12.1 Å². The molecule has 148 valence electrons. The summed E-state index contributed by atoms with van der Waals surface area (Å²) >= 11 is 0. The molecule has 1 atom stereocenters. The molecular weight excluding hydrogens is 366 g/mol. The molecule has 0 saturated carbocycles. The van der Waals surface area contributed by atoms with Crippen LogP contribution in [0.25, 0.3) is 6.08 Å². The quantitative estimate of drug-likeness (QED) is 0.446. The van der Waals surface area contributed by atoms with Gasteiger partial charge in [-0.3, -0.25) is 4.79 Å². The number of ether oxygens (including phenoxy) is 1. The molecule has 0 aliphatic carbocycles. The van der Waals surface area contributed by atoms with E-state index in [2.05, 4.69) is 0 Å². The van der Waals surface area contributed by atoms with Crippen molar-refractivity contribution in [3.63, 3.8) is 0 Å². The average molecular weight is 389 g/mol. The second kappa shape index (κ2) is 8.61. The number of anilines is 2. The number of nitrogens with zero attached hydrogens (tertiary/aromatic N) is 3. The monoisotopic (exact) mass is 389 g/mol. The smallest absolute Gasteiger partial charge is 0.349 e. The number of nitriles is 1. The van der Waals surface area contributed by atoms with Gasteiger partial charge in [-0.1, -0.05) is 30.3 Å². The molecule has 0 radical (unpaired) electrons. The van der Waals surface area contributed by atoms with Crippen molar-refractivity contribution < 1.29 is 14.3 Å². The first-order chi connectivity index (χ1) is 13.9. The van der Waals surface area contributed by atoms with Gasteiger partial charge in [0.15, 0.2) is 6.10 Å². The topological polar surface area (TPSA) is 73.6 Å². The Morgan fingerprint density at radius 1 is 1.17 bits per heavy atom. The largest absolute Gasteiger partial charge is 0.448 e. The van der Waals surface area contributed by atoms with Gasteiger partial charge < -0.3 is 14.5 Å². The maximum atomic E-state index is 12.8. The number of esters is 1. The van der Waals surface area contributed by atoms with E-state index in [1.54, 1.807) is 4.90 Å². The molecule has 0 aromatic heterocycles. The molecule has 1 aliphatic rings. The second-order valence-corrected chi connectivity index (χ2v) is 7.07. The summed E-state index contributed by atoms with van der Waals surface area (Å²) in [6.45, 7) is 2.08. The van der Waals surface area contributed by atoms with Crippen molar-refractivity contribution in [3.8, 4) is 6.07 Å². The standard InChI is InChI=1S/C23H23N3O3/c1-16(22(27)26-13-12-18-6-4-5-7-21(18)26)29-23(28)19(15-24)14-17-8-10-20(11-9-17)25(2)3/h4-11,14,16H,12-13H2,1-3H3/b19-14+. The van der Waals surface area contributed by atoms with Gasteiger partial charge in [-0.2, -0.15) is 5.26 Å². The van der Waals surface area contributed by atoms with E-state index in [9.17, 15) is 14.9 Å². The highest BCUT2D eigenvalue weighted by Crippen LogP contribution is 2.28. The van der Waals surface area contributed by atoms with Gasteiger partial charge in [0.1, 0.15) is 11.6 Å². The third-order valence-corrected chi connectivity index (χ3v) is 4.85. The van der Waals surface area contributed by atoms with E-state index in [1.165, 1.54) is 13.0 Å². The Kier molecular flexibility index (Phi) is 5.99. The highest BCUT2D eigenvalue weighted by molar-refractivity contribution is 6.02. The van der Waals surface area contributed by atoms with Crippen molar-refractivity contribution in [1.29, 1.82) is 5.26 Å². The van der Waals surface area contributed by atoms with Crippen molar-refractivity contribution in [1.82, 2.24) is 0 Å². The number of benzene rings is 2. The van der Waals surface area contributed by atoms with Gasteiger partial charge in [0, 0.05) is 32.0 Å². The van der Waals surface area contributed by atoms with Crippen LogP contribution in [0.5, 0.6) is 0 Å². The summed E-state index contributed by atoms with van der Waals surface area (Å²) < 4.78 is 5.30. The van der Waals surface area contributed by atoms with Crippen LogP contribution in [-0.4, -0.2) is 38.6 Å².